The summed E-state index contributed by atoms with van der Waals surface area (Å²) in [5.41, 5.74) is 2.10. The summed E-state index contributed by atoms with van der Waals surface area (Å²) < 4.78 is 5.46. The minimum absolute atomic E-state index is 0.286. The molecule has 0 radical (unpaired) electrons. The van der Waals surface area contributed by atoms with Crippen LogP contribution in [0.2, 0.25) is 0 Å². The molecular weight excluding hydrogens is 394 g/mol. The molecule has 5 rings (SSSR count). The van der Waals surface area contributed by atoms with Gasteiger partial charge >= 0.3 is 0 Å². The van der Waals surface area contributed by atoms with Crippen molar-refractivity contribution >= 4 is 23.2 Å². The maximum absolute atomic E-state index is 13.5. The number of hydrogen-bond donors (Lipinski definition) is 0. The molecule has 156 valence electrons. The second-order valence-electron chi connectivity index (χ2n) is 7.38. The van der Waals surface area contributed by atoms with Gasteiger partial charge in [0.25, 0.3) is 5.91 Å². The minimum atomic E-state index is -0.899. The maximum atomic E-state index is 13.5. The van der Waals surface area contributed by atoms with Gasteiger partial charge in [-0.25, -0.2) is 9.96 Å². The number of hydroxylamine groups is 1. The topological polar surface area (TPSA) is 72.0 Å². The van der Waals surface area contributed by atoms with E-state index in [9.17, 15) is 9.59 Å². The largest absolute Gasteiger partial charge is 0.494 e. The van der Waals surface area contributed by atoms with E-state index in [0.717, 1.165) is 11.3 Å². The second kappa shape index (κ2) is 7.85. The summed E-state index contributed by atoms with van der Waals surface area (Å²) >= 11 is 0. The molecule has 0 bridgehead atoms. The average molecular weight is 415 g/mol. The lowest BCUT2D eigenvalue weighted by atomic mass is 9.91. The Labute approximate surface area is 179 Å². The van der Waals surface area contributed by atoms with E-state index in [-0.39, 0.29) is 11.8 Å². The Hall–Kier alpha value is -3.71. The molecule has 2 amide bonds. The number of ether oxygens (including phenoxy) is 1. The molecule has 0 unspecified atom stereocenters. The summed E-state index contributed by atoms with van der Waals surface area (Å²) in [5.74, 6) is -0.647. The number of rotatable bonds is 5. The highest BCUT2D eigenvalue weighted by Crippen LogP contribution is 2.47. The fraction of sp³-hybridized carbons (Fsp3) is 0.208. The molecule has 3 heterocycles. The van der Waals surface area contributed by atoms with Crippen LogP contribution in [0.15, 0.2) is 79.1 Å². The van der Waals surface area contributed by atoms with Gasteiger partial charge in [0, 0.05) is 12.4 Å². The van der Waals surface area contributed by atoms with Gasteiger partial charge in [-0.2, -0.15) is 0 Å². The number of hydrogen-bond acceptors (Lipinski definition) is 6. The van der Waals surface area contributed by atoms with Crippen molar-refractivity contribution in [1.82, 2.24) is 4.98 Å². The Morgan fingerprint density at radius 2 is 1.71 bits per heavy atom. The normalized spacial score (nSPS) is 22.7. The molecule has 7 nitrogen and oxygen atoms in total. The number of nitrogens with zero attached hydrogens (tertiary/aromatic N) is 3. The first-order chi connectivity index (χ1) is 15.2. The summed E-state index contributed by atoms with van der Waals surface area (Å²) in [6.07, 6.45) is 2.49. The van der Waals surface area contributed by atoms with Crippen LogP contribution in [0.4, 0.5) is 11.4 Å². The quantitative estimate of drug-likeness (QED) is 0.594. The smallest absolute Gasteiger partial charge is 0.266 e. The predicted molar refractivity (Wildman–Crippen MR) is 114 cm³/mol. The van der Waals surface area contributed by atoms with Gasteiger partial charge in [-0.1, -0.05) is 24.3 Å². The number of fused-ring (bicyclic) bond motifs is 1. The van der Waals surface area contributed by atoms with E-state index in [4.69, 9.17) is 9.57 Å². The van der Waals surface area contributed by atoms with Gasteiger partial charge in [0.15, 0.2) is 6.10 Å². The van der Waals surface area contributed by atoms with Gasteiger partial charge in [0.2, 0.25) is 5.91 Å². The summed E-state index contributed by atoms with van der Waals surface area (Å²) in [6.45, 7) is 2.44. The number of benzene rings is 2. The van der Waals surface area contributed by atoms with Gasteiger partial charge in [0.1, 0.15) is 11.7 Å². The summed E-state index contributed by atoms with van der Waals surface area (Å²) in [7, 11) is 0. The van der Waals surface area contributed by atoms with Crippen LogP contribution in [-0.2, 0) is 14.4 Å². The molecule has 2 aliphatic heterocycles. The number of pyridine rings is 1. The molecule has 0 saturated carbocycles. The molecule has 3 atom stereocenters. The van der Waals surface area contributed by atoms with Crippen LogP contribution in [-0.4, -0.2) is 29.5 Å². The Bertz CT molecular complexity index is 1090. The third-order valence-electron chi connectivity index (χ3n) is 5.56. The molecule has 1 aromatic heterocycles. The van der Waals surface area contributed by atoms with Crippen molar-refractivity contribution in [1.29, 1.82) is 0 Å². The second-order valence-corrected chi connectivity index (χ2v) is 7.38. The Kier molecular flexibility index (Phi) is 4.88. The third kappa shape index (κ3) is 3.23. The molecule has 2 aliphatic rings. The van der Waals surface area contributed by atoms with Crippen molar-refractivity contribution in [2.45, 2.75) is 19.1 Å². The first-order valence-electron chi connectivity index (χ1n) is 10.2. The lowest BCUT2D eigenvalue weighted by molar-refractivity contribution is -0.126. The third-order valence-corrected chi connectivity index (χ3v) is 5.56. The highest BCUT2D eigenvalue weighted by molar-refractivity contribution is 6.23. The number of anilines is 2. The maximum Gasteiger partial charge on any atom is 0.266 e. The summed E-state index contributed by atoms with van der Waals surface area (Å²) in [5, 5.41) is 1.66. The monoisotopic (exact) mass is 415 g/mol. The molecule has 3 aromatic rings. The number of imide groups is 1. The van der Waals surface area contributed by atoms with E-state index in [2.05, 4.69) is 4.98 Å². The fourth-order valence-electron chi connectivity index (χ4n) is 4.22. The van der Waals surface area contributed by atoms with E-state index in [1.165, 1.54) is 4.90 Å². The van der Waals surface area contributed by atoms with Crippen molar-refractivity contribution < 1.29 is 19.2 Å². The van der Waals surface area contributed by atoms with Gasteiger partial charge < -0.3 is 4.74 Å². The van der Waals surface area contributed by atoms with Gasteiger partial charge in [0.05, 0.1) is 24.0 Å². The van der Waals surface area contributed by atoms with Crippen LogP contribution >= 0.6 is 0 Å². The number of aromatic nitrogens is 1. The average Bonchev–Trinajstić information content (AvgIpc) is 3.32. The number of carbonyl (C=O) groups excluding carboxylic acids is 2. The summed E-state index contributed by atoms with van der Waals surface area (Å²) in [6, 6.07) is 19.7. The lowest BCUT2D eigenvalue weighted by Crippen LogP contribution is -2.37. The first-order valence-corrected chi connectivity index (χ1v) is 10.2. The zero-order valence-electron chi connectivity index (χ0n) is 16.9. The van der Waals surface area contributed by atoms with Crippen LogP contribution in [0.1, 0.15) is 18.5 Å². The molecule has 0 spiro atoms. The van der Waals surface area contributed by atoms with E-state index in [0.29, 0.717) is 18.0 Å². The van der Waals surface area contributed by atoms with Crippen LogP contribution in [0.5, 0.6) is 5.75 Å². The highest BCUT2D eigenvalue weighted by Gasteiger charge is 2.60. The number of carbonyl (C=O) groups is 2. The molecule has 7 heteroatoms. The van der Waals surface area contributed by atoms with Crippen molar-refractivity contribution in [3.8, 4) is 5.75 Å². The van der Waals surface area contributed by atoms with E-state index in [1.807, 2.05) is 49.4 Å². The van der Waals surface area contributed by atoms with Crippen LogP contribution in [0.25, 0.3) is 0 Å². The van der Waals surface area contributed by atoms with Gasteiger partial charge in [-0.05, 0) is 55.0 Å². The van der Waals surface area contributed by atoms with E-state index >= 15 is 0 Å². The van der Waals surface area contributed by atoms with Gasteiger partial charge in [-0.15, -0.1) is 0 Å². The zero-order valence-corrected chi connectivity index (χ0v) is 16.9. The standard InChI is InChI=1S/C24H21N3O4/c1-2-30-19-12-10-17(11-13-19)26-23(28)20-21(16-7-6-14-25-15-16)27(31-22(20)24(26)29)18-8-4-3-5-9-18/h3-15,20-22H,2H2,1H3/t20-,21+,22-/m1/s1. The van der Waals surface area contributed by atoms with Crippen LogP contribution < -0.4 is 14.7 Å². The molecule has 31 heavy (non-hydrogen) atoms. The van der Waals surface area contributed by atoms with Crippen LogP contribution in [0.3, 0.4) is 0 Å². The highest BCUT2D eigenvalue weighted by atomic mass is 16.7. The lowest BCUT2D eigenvalue weighted by Gasteiger charge is -2.28. The molecule has 2 aromatic carbocycles. The van der Waals surface area contributed by atoms with Crippen molar-refractivity contribution in [3.63, 3.8) is 0 Å². The van der Waals surface area contributed by atoms with Crippen molar-refractivity contribution in [2.75, 3.05) is 16.6 Å². The van der Waals surface area contributed by atoms with E-state index in [1.54, 1.807) is 41.7 Å². The molecule has 0 aliphatic carbocycles. The predicted octanol–water partition coefficient (Wildman–Crippen LogP) is 3.53. The number of para-hydroxylation sites is 1. The Balaban J connectivity index is 1.52. The molecular formula is C24H21N3O4. The fourth-order valence-corrected chi connectivity index (χ4v) is 4.22. The van der Waals surface area contributed by atoms with Crippen LogP contribution in [0, 0.1) is 5.92 Å². The van der Waals surface area contributed by atoms with Gasteiger partial charge in [-0.3, -0.25) is 19.4 Å². The van der Waals surface area contributed by atoms with Crippen molar-refractivity contribution in [2.24, 2.45) is 5.92 Å². The minimum Gasteiger partial charge on any atom is -0.494 e. The van der Waals surface area contributed by atoms with E-state index < -0.39 is 18.1 Å². The summed E-state index contributed by atoms with van der Waals surface area (Å²) in [4.78, 5) is 38.3. The number of amides is 2. The SMILES string of the molecule is CCOc1ccc(N2C(=O)[C@H]3[C@@H](ON(c4ccccc4)[C@H]3c3cccnc3)C2=O)cc1. The Morgan fingerprint density at radius 3 is 2.39 bits per heavy atom. The zero-order chi connectivity index (χ0) is 21.4. The Morgan fingerprint density at radius 1 is 0.935 bits per heavy atom. The molecule has 2 fully saturated rings. The van der Waals surface area contributed by atoms with Crippen molar-refractivity contribution in [3.05, 3.63) is 84.7 Å². The molecule has 0 N–H and O–H groups in total. The molecule has 2 saturated heterocycles. The first kappa shape index (κ1) is 19.3.